The number of rotatable bonds is 2. The second-order valence-corrected chi connectivity index (χ2v) is 3.82. The van der Waals surface area contributed by atoms with E-state index < -0.39 is 0 Å². The van der Waals surface area contributed by atoms with Crippen LogP contribution in [0.4, 0.5) is 5.69 Å². The van der Waals surface area contributed by atoms with E-state index in [2.05, 4.69) is 0 Å². The van der Waals surface area contributed by atoms with Gasteiger partial charge in [-0.2, -0.15) is 0 Å². The molecule has 2 rings (SSSR count). The predicted octanol–water partition coefficient (Wildman–Crippen LogP) is 1.33. The monoisotopic (exact) mass is 211 g/mol. The molecule has 0 aliphatic carbocycles. The van der Waals surface area contributed by atoms with Gasteiger partial charge in [0.15, 0.2) is 6.29 Å². The highest BCUT2D eigenvalue weighted by Gasteiger charge is 2.26. The first kappa shape index (κ1) is 9.49. The van der Waals surface area contributed by atoms with Crippen LogP contribution in [-0.2, 0) is 0 Å². The summed E-state index contributed by atoms with van der Waals surface area (Å²) >= 11 is 5.83. The molecule has 1 saturated heterocycles. The number of carbonyl (C=O) groups excluding carboxylic acids is 1. The number of carbonyl (C=O) groups is 1. The fraction of sp³-hybridized carbons (Fsp3) is 0.300. The number of hydrogen-bond donors (Lipinski definition) is 1. The minimum atomic E-state index is -0.284. The average molecular weight is 212 g/mol. The number of anilines is 1. The number of aliphatic hydroxyl groups excluding tert-OH is 1. The maximum Gasteiger partial charge on any atom is 0.152 e. The van der Waals surface area contributed by atoms with Crippen LogP contribution in [0.1, 0.15) is 10.4 Å². The minimum Gasteiger partial charge on any atom is -0.389 e. The summed E-state index contributed by atoms with van der Waals surface area (Å²) in [6.45, 7) is 1.14. The Bertz CT molecular complexity index is 361. The lowest BCUT2D eigenvalue weighted by Gasteiger charge is -2.38. The van der Waals surface area contributed by atoms with Crippen LogP contribution in [0.5, 0.6) is 0 Å². The molecule has 0 atom stereocenters. The van der Waals surface area contributed by atoms with Crippen LogP contribution >= 0.6 is 11.6 Å². The van der Waals surface area contributed by atoms with E-state index in [4.69, 9.17) is 16.7 Å². The number of aldehydes is 1. The molecule has 0 bridgehead atoms. The van der Waals surface area contributed by atoms with Crippen LogP contribution in [0.15, 0.2) is 18.2 Å². The van der Waals surface area contributed by atoms with Gasteiger partial charge in [-0.15, -0.1) is 0 Å². The molecule has 0 amide bonds. The number of halogens is 1. The van der Waals surface area contributed by atoms with E-state index in [1.807, 2.05) is 4.90 Å². The van der Waals surface area contributed by atoms with Crippen molar-refractivity contribution in [1.82, 2.24) is 0 Å². The van der Waals surface area contributed by atoms with Crippen molar-refractivity contribution in [2.45, 2.75) is 6.10 Å². The summed E-state index contributed by atoms with van der Waals surface area (Å²) in [6.07, 6.45) is 0.518. The number of benzene rings is 1. The molecule has 0 saturated carbocycles. The van der Waals surface area contributed by atoms with Crippen LogP contribution in [0.3, 0.4) is 0 Å². The Hall–Kier alpha value is -1.06. The molecule has 1 aliphatic rings. The molecule has 1 aromatic carbocycles. The van der Waals surface area contributed by atoms with Crippen LogP contribution in [-0.4, -0.2) is 30.6 Å². The second kappa shape index (κ2) is 3.59. The quantitative estimate of drug-likeness (QED) is 0.751. The SMILES string of the molecule is O=Cc1ccc(Cl)cc1N1CC(O)C1. The zero-order chi connectivity index (χ0) is 10.1. The second-order valence-electron chi connectivity index (χ2n) is 3.38. The molecule has 1 aliphatic heterocycles. The topological polar surface area (TPSA) is 40.5 Å². The zero-order valence-electron chi connectivity index (χ0n) is 7.48. The van der Waals surface area contributed by atoms with Gasteiger partial charge in [-0.05, 0) is 18.2 Å². The molecule has 1 N–H and O–H groups in total. The highest BCUT2D eigenvalue weighted by molar-refractivity contribution is 6.31. The van der Waals surface area contributed by atoms with Gasteiger partial charge in [0.1, 0.15) is 0 Å². The summed E-state index contributed by atoms with van der Waals surface area (Å²) in [5, 5.41) is 9.75. The molecule has 0 aromatic heterocycles. The zero-order valence-corrected chi connectivity index (χ0v) is 8.24. The van der Waals surface area contributed by atoms with Gasteiger partial charge < -0.3 is 10.0 Å². The Labute approximate surface area is 86.9 Å². The van der Waals surface area contributed by atoms with E-state index in [0.29, 0.717) is 23.7 Å². The first-order chi connectivity index (χ1) is 6.70. The predicted molar refractivity (Wildman–Crippen MR) is 55.1 cm³/mol. The van der Waals surface area contributed by atoms with Gasteiger partial charge in [-0.1, -0.05) is 11.6 Å². The van der Waals surface area contributed by atoms with Crippen molar-refractivity contribution in [2.75, 3.05) is 18.0 Å². The molecular formula is C10H10ClNO2. The van der Waals surface area contributed by atoms with E-state index in [-0.39, 0.29) is 6.10 Å². The number of aliphatic hydroxyl groups is 1. The first-order valence-electron chi connectivity index (χ1n) is 4.38. The fourth-order valence-electron chi connectivity index (χ4n) is 1.54. The summed E-state index contributed by atoms with van der Waals surface area (Å²) in [5.41, 5.74) is 1.42. The Morgan fingerprint density at radius 3 is 2.79 bits per heavy atom. The molecule has 3 nitrogen and oxygen atoms in total. The van der Waals surface area contributed by atoms with Crippen LogP contribution < -0.4 is 4.90 Å². The van der Waals surface area contributed by atoms with Crippen molar-refractivity contribution in [3.05, 3.63) is 28.8 Å². The van der Waals surface area contributed by atoms with E-state index in [1.54, 1.807) is 18.2 Å². The molecule has 74 valence electrons. The molecule has 0 unspecified atom stereocenters. The molecule has 1 heterocycles. The van der Waals surface area contributed by atoms with Gasteiger partial charge in [0.2, 0.25) is 0 Å². The third-order valence-corrected chi connectivity index (χ3v) is 2.56. The summed E-state index contributed by atoms with van der Waals surface area (Å²) < 4.78 is 0. The van der Waals surface area contributed by atoms with Crippen LogP contribution in [0.2, 0.25) is 5.02 Å². The fourth-order valence-corrected chi connectivity index (χ4v) is 1.71. The van der Waals surface area contributed by atoms with Gasteiger partial charge in [0.25, 0.3) is 0 Å². The summed E-state index contributed by atoms with van der Waals surface area (Å²) in [4.78, 5) is 12.7. The molecule has 0 spiro atoms. The van der Waals surface area contributed by atoms with Gasteiger partial charge in [0.05, 0.1) is 6.10 Å². The Balaban J connectivity index is 2.30. The summed E-state index contributed by atoms with van der Waals surface area (Å²) in [6, 6.07) is 5.12. The van der Waals surface area contributed by atoms with Crippen molar-refractivity contribution in [2.24, 2.45) is 0 Å². The number of β-amino-alcohol motifs (C(OH)–C–C–N with tert-alkyl or cyclic N) is 1. The number of hydrogen-bond acceptors (Lipinski definition) is 3. The highest BCUT2D eigenvalue weighted by Crippen LogP contribution is 2.27. The van der Waals surface area contributed by atoms with Crippen LogP contribution in [0, 0.1) is 0 Å². The lowest BCUT2D eigenvalue weighted by molar-refractivity contribution is 0.112. The lowest BCUT2D eigenvalue weighted by atomic mass is 10.1. The average Bonchev–Trinajstić information content (AvgIpc) is 2.13. The third kappa shape index (κ3) is 1.61. The lowest BCUT2D eigenvalue weighted by Crippen LogP contribution is -2.51. The molecule has 1 fully saturated rings. The largest absolute Gasteiger partial charge is 0.389 e. The Morgan fingerprint density at radius 2 is 2.21 bits per heavy atom. The Morgan fingerprint density at radius 1 is 1.50 bits per heavy atom. The van der Waals surface area contributed by atoms with E-state index in [9.17, 15) is 4.79 Å². The normalized spacial score (nSPS) is 16.6. The van der Waals surface area contributed by atoms with Crippen molar-refractivity contribution in [3.63, 3.8) is 0 Å². The summed E-state index contributed by atoms with van der Waals surface area (Å²) in [5.74, 6) is 0. The summed E-state index contributed by atoms with van der Waals surface area (Å²) in [7, 11) is 0. The molecule has 4 heteroatoms. The minimum absolute atomic E-state index is 0.284. The van der Waals surface area contributed by atoms with E-state index in [0.717, 1.165) is 12.0 Å². The van der Waals surface area contributed by atoms with Gasteiger partial charge in [0, 0.05) is 29.4 Å². The maximum atomic E-state index is 10.7. The van der Waals surface area contributed by atoms with Gasteiger partial charge >= 0.3 is 0 Å². The molecule has 14 heavy (non-hydrogen) atoms. The molecule has 0 radical (unpaired) electrons. The standard InChI is InChI=1S/C10H10ClNO2/c11-8-2-1-7(6-13)10(3-8)12-4-9(14)5-12/h1-3,6,9,14H,4-5H2. The van der Waals surface area contributed by atoms with Crippen LogP contribution in [0.25, 0.3) is 0 Å². The molecular weight excluding hydrogens is 202 g/mol. The van der Waals surface area contributed by atoms with Gasteiger partial charge in [-0.3, -0.25) is 4.79 Å². The van der Waals surface area contributed by atoms with Crippen molar-refractivity contribution < 1.29 is 9.90 Å². The highest BCUT2D eigenvalue weighted by atomic mass is 35.5. The third-order valence-electron chi connectivity index (χ3n) is 2.32. The first-order valence-corrected chi connectivity index (χ1v) is 4.76. The smallest absolute Gasteiger partial charge is 0.152 e. The number of nitrogens with zero attached hydrogens (tertiary/aromatic N) is 1. The van der Waals surface area contributed by atoms with Crippen molar-refractivity contribution in [3.8, 4) is 0 Å². The maximum absolute atomic E-state index is 10.7. The van der Waals surface area contributed by atoms with Crippen molar-refractivity contribution >= 4 is 23.6 Å². The van der Waals surface area contributed by atoms with E-state index in [1.165, 1.54) is 0 Å². The van der Waals surface area contributed by atoms with E-state index >= 15 is 0 Å². The molecule has 1 aromatic rings. The Kier molecular flexibility index (Phi) is 2.44. The van der Waals surface area contributed by atoms with Gasteiger partial charge in [-0.25, -0.2) is 0 Å². The van der Waals surface area contributed by atoms with Crippen molar-refractivity contribution in [1.29, 1.82) is 0 Å².